The highest BCUT2D eigenvalue weighted by atomic mass is 32.1. The molecule has 15 heavy (non-hydrogen) atoms. The van der Waals surface area contributed by atoms with E-state index < -0.39 is 0 Å². The number of rotatable bonds is 2. The Kier molecular flexibility index (Phi) is 2.73. The first-order valence-electron chi connectivity index (χ1n) is 5.71. The SMILES string of the molecule is c1sc(C2CNC2)nc1C1CCCCO1. The second-order valence-electron chi connectivity index (χ2n) is 4.32. The average Bonchev–Trinajstić information content (AvgIpc) is 2.66. The highest BCUT2D eigenvalue weighted by Crippen LogP contribution is 2.31. The molecule has 1 aromatic heterocycles. The Balaban J connectivity index is 1.71. The van der Waals surface area contributed by atoms with Gasteiger partial charge in [-0.25, -0.2) is 4.98 Å². The van der Waals surface area contributed by atoms with Crippen LogP contribution in [0.15, 0.2) is 5.38 Å². The van der Waals surface area contributed by atoms with Gasteiger partial charge in [0.25, 0.3) is 0 Å². The van der Waals surface area contributed by atoms with Gasteiger partial charge in [-0.05, 0) is 19.3 Å². The summed E-state index contributed by atoms with van der Waals surface area (Å²) < 4.78 is 5.74. The summed E-state index contributed by atoms with van der Waals surface area (Å²) in [6.07, 6.45) is 3.91. The first kappa shape index (κ1) is 9.75. The molecule has 2 saturated heterocycles. The number of hydrogen-bond acceptors (Lipinski definition) is 4. The summed E-state index contributed by atoms with van der Waals surface area (Å²) in [7, 11) is 0. The number of aromatic nitrogens is 1. The molecular weight excluding hydrogens is 208 g/mol. The van der Waals surface area contributed by atoms with Gasteiger partial charge in [-0.1, -0.05) is 0 Å². The van der Waals surface area contributed by atoms with E-state index in [-0.39, 0.29) is 6.10 Å². The smallest absolute Gasteiger partial charge is 0.100 e. The Morgan fingerprint density at radius 1 is 1.40 bits per heavy atom. The summed E-state index contributed by atoms with van der Waals surface area (Å²) in [5.74, 6) is 0.660. The number of hydrogen-bond donors (Lipinski definition) is 1. The minimum atomic E-state index is 0.275. The van der Waals surface area contributed by atoms with Crippen LogP contribution in [0.3, 0.4) is 0 Å². The maximum atomic E-state index is 5.74. The second kappa shape index (κ2) is 4.20. The van der Waals surface area contributed by atoms with Gasteiger partial charge in [0.15, 0.2) is 0 Å². The average molecular weight is 224 g/mol. The Labute approximate surface area is 93.9 Å². The topological polar surface area (TPSA) is 34.2 Å². The van der Waals surface area contributed by atoms with Gasteiger partial charge in [0.1, 0.15) is 6.10 Å². The normalized spacial score (nSPS) is 27.6. The van der Waals surface area contributed by atoms with E-state index in [9.17, 15) is 0 Å². The first-order valence-corrected chi connectivity index (χ1v) is 6.59. The van der Waals surface area contributed by atoms with E-state index in [1.165, 1.54) is 23.5 Å². The fourth-order valence-corrected chi connectivity index (χ4v) is 3.04. The summed E-state index contributed by atoms with van der Waals surface area (Å²) in [6, 6.07) is 0. The Hall–Kier alpha value is -0.450. The molecule has 82 valence electrons. The standard InChI is InChI=1S/C11H16N2OS/c1-2-4-14-10(3-1)9-7-15-11(13-9)8-5-12-6-8/h7-8,10,12H,1-6H2. The van der Waals surface area contributed by atoms with Crippen molar-refractivity contribution in [2.24, 2.45) is 0 Å². The van der Waals surface area contributed by atoms with Gasteiger partial charge in [0.2, 0.25) is 0 Å². The molecule has 4 heteroatoms. The minimum absolute atomic E-state index is 0.275. The summed E-state index contributed by atoms with van der Waals surface area (Å²) >= 11 is 1.80. The monoisotopic (exact) mass is 224 g/mol. The van der Waals surface area contributed by atoms with Crippen molar-refractivity contribution in [3.8, 4) is 0 Å². The predicted octanol–water partition coefficient (Wildman–Crippen LogP) is 2.07. The Morgan fingerprint density at radius 2 is 2.33 bits per heavy atom. The molecule has 2 fully saturated rings. The van der Waals surface area contributed by atoms with Crippen molar-refractivity contribution in [1.82, 2.24) is 10.3 Å². The largest absolute Gasteiger partial charge is 0.372 e. The summed E-state index contributed by atoms with van der Waals surface area (Å²) in [5, 5.41) is 6.76. The number of thiazole rings is 1. The lowest BCUT2D eigenvalue weighted by atomic mass is 10.0. The maximum Gasteiger partial charge on any atom is 0.100 e. The van der Waals surface area contributed by atoms with Crippen LogP contribution in [0.25, 0.3) is 0 Å². The van der Waals surface area contributed by atoms with Crippen LogP contribution in [0.1, 0.15) is 42.0 Å². The van der Waals surface area contributed by atoms with E-state index in [4.69, 9.17) is 9.72 Å². The van der Waals surface area contributed by atoms with Crippen molar-refractivity contribution in [3.05, 3.63) is 16.1 Å². The zero-order valence-electron chi connectivity index (χ0n) is 8.74. The third-order valence-corrected chi connectivity index (χ3v) is 4.21. The molecule has 1 unspecified atom stereocenters. The van der Waals surface area contributed by atoms with Crippen LogP contribution in [0.4, 0.5) is 0 Å². The maximum absolute atomic E-state index is 5.74. The van der Waals surface area contributed by atoms with E-state index in [1.54, 1.807) is 11.3 Å². The van der Waals surface area contributed by atoms with Crippen LogP contribution in [0.2, 0.25) is 0 Å². The van der Waals surface area contributed by atoms with Gasteiger partial charge >= 0.3 is 0 Å². The van der Waals surface area contributed by atoms with Crippen molar-refractivity contribution >= 4 is 11.3 Å². The van der Waals surface area contributed by atoms with Crippen molar-refractivity contribution in [1.29, 1.82) is 0 Å². The van der Waals surface area contributed by atoms with Crippen molar-refractivity contribution in [3.63, 3.8) is 0 Å². The predicted molar refractivity (Wildman–Crippen MR) is 60.3 cm³/mol. The van der Waals surface area contributed by atoms with Gasteiger partial charge in [0.05, 0.1) is 10.7 Å². The van der Waals surface area contributed by atoms with Crippen LogP contribution >= 0.6 is 11.3 Å². The summed E-state index contributed by atoms with van der Waals surface area (Å²) in [4.78, 5) is 4.71. The van der Waals surface area contributed by atoms with Crippen molar-refractivity contribution < 1.29 is 4.74 Å². The lowest BCUT2D eigenvalue weighted by Gasteiger charge is -2.25. The third kappa shape index (κ3) is 1.94. The van der Waals surface area contributed by atoms with Crippen LogP contribution in [-0.2, 0) is 4.74 Å². The quantitative estimate of drug-likeness (QED) is 0.835. The van der Waals surface area contributed by atoms with Crippen LogP contribution in [0.5, 0.6) is 0 Å². The molecule has 1 N–H and O–H groups in total. The van der Waals surface area contributed by atoms with Crippen molar-refractivity contribution in [2.45, 2.75) is 31.3 Å². The molecule has 0 amide bonds. The molecule has 0 aliphatic carbocycles. The number of ether oxygens (including phenoxy) is 1. The fraction of sp³-hybridized carbons (Fsp3) is 0.727. The summed E-state index contributed by atoms with van der Waals surface area (Å²) in [6.45, 7) is 3.10. The molecule has 0 radical (unpaired) electrons. The zero-order chi connectivity index (χ0) is 10.1. The molecule has 0 bridgehead atoms. The lowest BCUT2D eigenvalue weighted by molar-refractivity contribution is 0.0125. The molecule has 3 heterocycles. The molecule has 2 aliphatic heterocycles. The van der Waals surface area contributed by atoms with E-state index in [0.29, 0.717) is 5.92 Å². The van der Waals surface area contributed by atoms with Gasteiger partial charge < -0.3 is 10.1 Å². The Morgan fingerprint density at radius 3 is 3.00 bits per heavy atom. The van der Waals surface area contributed by atoms with Gasteiger partial charge in [-0.15, -0.1) is 11.3 Å². The Bertz CT molecular complexity index is 329. The van der Waals surface area contributed by atoms with Gasteiger partial charge in [-0.2, -0.15) is 0 Å². The minimum Gasteiger partial charge on any atom is -0.372 e. The van der Waals surface area contributed by atoms with E-state index in [0.717, 1.165) is 26.1 Å². The molecule has 0 aromatic carbocycles. The van der Waals surface area contributed by atoms with E-state index in [1.807, 2.05) is 0 Å². The molecule has 1 atom stereocenters. The van der Waals surface area contributed by atoms with Crippen LogP contribution < -0.4 is 5.32 Å². The number of nitrogens with zero attached hydrogens (tertiary/aromatic N) is 1. The van der Waals surface area contributed by atoms with Crippen LogP contribution in [-0.4, -0.2) is 24.7 Å². The molecule has 0 saturated carbocycles. The molecule has 3 nitrogen and oxygen atoms in total. The van der Waals surface area contributed by atoms with E-state index in [2.05, 4.69) is 10.7 Å². The molecule has 1 aromatic rings. The molecule has 2 aliphatic rings. The molecular formula is C11H16N2OS. The summed E-state index contributed by atoms with van der Waals surface area (Å²) in [5.41, 5.74) is 1.17. The second-order valence-corrected chi connectivity index (χ2v) is 5.21. The first-order chi connectivity index (χ1) is 7.43. The van der Waals surface area contributed by atoms with Gasteiger partial charge in [0, 0.05) is 31.0 Å². The highest BCUT2D eigenvalue weighted by molar-refractivity contribution is 7.09. The van der Waals surface area contributed by atoms with E-state index >= 15 is 0 Å². The number of nitrogens with one attached hydrogen (secondary N) is 1. The lowest BCUT2D eigenvalue weighted by Crippen LogP contribution is -2.39. The van der Waals surface area contributed by atoms with Crippen molar-refractivity contribution in [2.75, 3.05) is 19.7 Å². The molecule has 0 spiro atoms. The third-order valence-electron chi connectivity index (χ3n) is 3.18. The van der Waals surface area contributed by atoms with Gasteiger partial charge in [-0.3, -0.25) is 0 Å². The fourth-order valence-electron chi connectivity index (χ4n) is 2.07. The molecule has 3 rings (SSSR count). The van der Waals surface area contributed by atoms with Crippen LogP contribution in [0, 0.1) is 0 Å². The zero-order valence-corrected chi connectivity index (χ0v) is 9.55. The highest BCUT2D eigenvalue weighted by Gasteiger charge is 2.24.